The van der Waals surface area contributed by atoms with Gasteiger partial charge in [0.15, 0.2) is 0 Å². The number of nitrogens with zero attached hydrogens (tertiary/aromatic N) is 1. The van der Waals surface area contributed by atoms with Crippen LogP contribution in [-0.4, -0.2) is 110 Å². The highest BCUT2D eigenvalue weighted by Gasteiger charge is 2.49. The summed E-state index contributed by atoms with van der Waals surface area (Å²) in [6.45, 7) is 4.31. The topological polar surface area (TPSA) is 125 Å². The van der Waals surface area contributed by atoms with E-state index in [0.717, 1.165) is 12.8 Å². The van der Waals surface area contributed by atoms with Crippen LogP contribution in [0.25, 0.3) is 0 Å². The molecule has 0 spiro atoms. The summed E-state index contributed by atoms with van der Waals surface area (Å²) >= 11 is 8.05. The summed E-state index contributed by atoms with van der Waals surface area (Å²) in [5.74, 6) is -0.700. The molecule has 240 valence electrons. The molecule has 0 aromatic heterocycles. The summed E-state index contributed by atoms with van der Waals surface area (Å²) in [5.41, 5.74) is -0.425. The SMILES string of the molecule is COC1CNC(Cl)CC1C1CC(C)NCC1C(=O)NC1NC2CN(C(=O)C3CCC(OC(F)(F)F)NC3OC)CC2S1. The summed E-state index contributed by atoms with van der Waals surface area (Å²) in [6.07, 6.45) is -5.05. The Morgan fingerprint density at radius 2 is 1.79 bits per heavy atom. The Morgan fingerprint density at radius 1 is 1.00 bits per heavy atom. The van der Waals surface area contributed by atoms with E-state index in [0.29, 0.717) is 32.2 Å². The first-order chi connectivity index (χ1) is 20.0. The molecule has 11 nitrogen and oxygen atoms in total. The van der Waals surface area contributed by atoms with Crippen molar-refractivity contribution in [1.29, 1.82) is 0 Å². The van der Waals surface area contributed by atoms with E-state index in [1.807, 2.05) is 0 Å². The molecule has 42 heavy (non-hydrogen) atoms. The van der Waals surface area contributed by atoms with E-state index in [1.165, 1.54) is 7.11 Å². The lowest BCUT2D eigenvalue weighted by atomic mass is 9.70. The van der Waals surface area contributed by atoms with Crippen LogP contribution in [0.2, 0.25) is 0 Å². The molecule has 0 aromatic carbocycles. The quantitative estimate of drug-likeness (QED) is 0.202. The van der Waals surface area contributed by atoms with Crippen molar-refractivity contribution in [3.8, 4) is 0 Å². The molecule has 0 bridgehead atoms. The van der Waals surface area contributed by atoms with Gasteiger partial charge in [0, 0.05) is 57.7 Å². The van der Waals surface area contributed by atoms with Crippen molar-refractivity contribution < 1.29 is 37.0 Å². The number of rotatable bonds is 7. The first-order valence-electron chi connectivity index (χ1n) is 14.6. The number of fused-ring (bicyclic) bond motifs is 1. The predicted octanol–water partition coefficient (Wildman–Crippen LogP) is 0.940. The fourth-order valence-corrected chi connectivity index (χ4v) is 8.99. The van der Waals surface area contributed by atoms with Gasteiger partial charge in [0.25, 0.3) is 0 Å². The van der Waals surface area contributed by atoms with Gasteiger partial charge in [-0.25, -0.2) is 0 Å². The average Bonchev–Trinajstić information content (AvgIpc) is 3.50. The number of piperidine rings is 3. The second-order valence-electron chi connectivity index (χ2n) is 12.0. The van der Waals surface area contributed by atoms with Crippen LogP contribution in [0.1, 0.15) is 32.6 Å². The van der Waals surface area contributed by atoms with Crippen molar-refractivity contribution in [2.75, 3.05) is 40.4 Å². The van der Waals surface area contributed by atoms with Crippen LogP contribution >= 0.6 is 23.4 Å². The number of halogens is 4. The largest absolute Gasteiger partial charge is 0.524 e. The van der Waals surface area contributed by atoms with Crippen LogP contribution in [0.3, 0.4) is 0 Å². The zero-order valence-corrected chi connectivity index (χ0v) is 25.6. The van der Waals surface area contributed by atoms with Gasteiger partial charge in [0.1, 0.15) is 18.0 Å². The number of carbonyl (C=O) groups is 2. The first-order valence-corrected chi connectivity index (χ1v) is 16.0. The van der Waals surface area contributed by atoms with Gasteiger partial charge in [-0.2, -0.15) is 0 Å². The van der Waals surface area contributed by atoms with Crippen LogP contribution in [0.4, 0.5) is 13.2 Å². The lowest BCUT2D eigenvalue weighted by Gasteiger charge is -2.45. The molecule has 0 radical (unpaired) electrons. The molecule has 5 rings (SSSR count). The monoisotopic (exact) mass is 642 g/mol. The van der Waals surface area contributed by atoms with E-state index < -0.39 is 24.7 Å². The molecule has 5 aliphatic heterocycles. The number of carbonyl (C=O) groups excluding carboxylic acids is 2. The molecule has 0 aliphatic carbocycles. The number of methoxy groups -OCH3 is 2. The van der Waals surface area contributed by atoms with E-state index in [4.69, 9.17) is 21.1 Å². The van der Waals surface area contributed by atoms with Gasteiger partial charge in [0.2, 0.25) is 11.8 Å². The lowest BCUT2D eigenvalue weighted by Crippen LogP contribution is -2.57. The van der Waals surface area contributed by atoms with Crippen molar-refractivity contribution in [1.82, 2.24) is 31.5 Å². The van der Waals surface area contributed by atoms with Gasteiger partial charge in [0.05, 0.1) is 23.4 Å². The summed E-state index contributed by atoms with van der Waals surface area (Å²) < 4.78 is 53.2. The maximum Gasteiger partial charge on any atom is 0.524 e. The Kier molecular flexibility index (Phi) is 10.5. The number of likely N-dealkylation sites (tertiary alicyclic amines) is 1. The standard InChI is InChI=1S/C26H42ClF3N6O5S/c1-12-6-14(15-7-20(27)32-9-18(15)39-2)16(8-31-12)22(37)35-25-33-17-10-36(11-19(17)42-25)24(38)13-4-5-21(34-23(13)40-3)41-26(28,29)30/h12-21,23,25,31-34H,4-11H2,1-3H3,(H,35,37). The smallest absolute Gasteiger partial charge is 0.380 e. The first kappa shape index (κ1) is 32.5. The molecule has 12 atom stereocenters. The zero-order chi connectivity index (χ0) is 30.2. The van der Waals surface area contributed by atoms with Gasteiger partial charge < -0.3 is 25.0 Å². The normalized spacial score (nSPS) is 42.8. The van der Waals surface area contributed by atoms with Gasteiger partial charge in [-0.05, 0) is 44.4 Å². The number of amides is 2. The van der Waals surface area contributed by atoms with Gasteiger partial charge in [-0.3, -0.25) is 30.3 Å². The summed E-state index contributed by atoms with van der Waals surface area (Å²) in [6, 6.07) is 0.282. The minimum atomic E-state index is -4.77. The van der Waals surface area contributed by atoms with Crippen molar-refractivity contribution in [3.05, 3.63) is 0 Å². The molecule has 0 aromatic rings. The van der Waals surface area contributed by atoms with E-state index in [1.54, 1.807) is 23.8 Å². The highest BCUT2D eigenvalue weighted by molar-refractivity contribution is 8.00. The molecule has 5 fully saturated rings. The Bertz CT molecular complexity index is 960. The molecular weight excluding hydrogens is 601 g/mol. The van der Waals surface area contributed by atoms with E-state index in [9.17, 15) is 22.8 Å². The second-order valence-corrected chi connectivity index (χ2v) is 13.9. The number of hydrogen-bond donors (Lipinski definition) is 5. The van der Waals surface area contributed by atoms with Crippen LogP contribution in [0.15, 0.2) is 0 Å². The van der Waals surface area contributed by atoms with Gasteiger partial charge >= 0.3 is 6.36 Å². The summed E-state index contributed by atoms with van der Waals surface area (Å²) in [4.78, 5) is 28.7. The number of hydrogen-bond acceptors (Lipinski definition) is 10. The minimum absolute atomic E-state index is 0.00687. The van der Waals surface area contributed by atoms with E-state index in [-0.39, 0.29) is 70.8 Å². The molecular formula is C26H42ClF3N6O5S. The number of thioether (sulfide) groups is 1. The highest BCUT2D eigenvalue weighted by atomic mass is 35.5. The Balaban J connectivity index is 1.14. The molecule has 5 saturated heterocycles. The fraction of sp³-hybridized carbons (Fsp3) is 0.923. The summed E-state index contributed by atoms with van der Waals surface area (Å²) in [7, 11) is 3.07. The van der Waals surface area contributed by atoms with Gasteiger partial charge in [-0.1, -0.05) is 0 Å². The van der Waals surface area contributed by atoms with Crippen LogP contribution in [0, 0.1) is 23.7 Å². The minimum Gasteiger partial charge on any atom is -0.380 e. The average molecular weight is 643 g/mol. The van der Waals surface area contributed by atoms with Crippen molar-refractivity contribution in [2.45, 2.75) is 85.9 Å². The molecule has 5 heterocycles. The molecule has 2 amide bonds. The fourth-order valence-electron chi connectivity index (χ4n) is 7.29. The maximum absolute atomic E-state index is 13.6. The van der Waals surface area contributed by atoms with Crippen molar-refractivity contribution in [3.63, 3.8) is 0 Å². The zero-order valence-electron chi connectivity index (χ0n) is 24.0. The third-order valence-corrected chi connectivity index (χ3v) is 11.0. The second kappa shape index (κ2) is 13.6. The lowest BCUT2D eigenvalue weighted by molar-refractivity contribution is -0.352. The maximum atomic E-state index is 13.6. The van der Waals surface area contributed by atoms with Crippen molar-refractivity contribution >= 4 is 35.2 Å². The van der Waals surface area contributed by atoms with Crippen LogP contribution in [-0.2, 0) is 23.8 Å². The molecule has 5 aliphatic rings. The van der Waals surface area contributed by atoms with E-state index >= 15 is 0 Å². The van der Waals surface area contributed by atoms with Crippen molar-refractivity contribution in [2.24, 2.45) is 23.7 Å². The molecule has 12 unspecified atom stereocenters. The Morgan fingerprint density at radius 3 is 2.48 bits per heavy atom. The Labute approximate surface area is 253 Å². The van der Waals surface area contributed by atoms with E-state index in [2.05, 4.69) is 38.2 Å². The highest BCUT2D eigenvalue weighted by Crippen LogP contribution is 2.39. The van der Waals surface area contributed by atoms with Gasteiger partial charge in [-0.15, -0.1) is 36.5 Å². The number of nitrogens with one attached hydrogen (secondary N) is 5. The number of alkyl halides is 4. The summed E-state index contributed by atoms with van der Waals surface area (Å²) in [5, 5.41) is 16.1. The predicted molar refractivity (Wildman–Crippen MR) is 150 cm³/mol. The molecule has 0 saturated carbocycles. The van der Waals surface area contributed by atoms with Crippen LogP contribution in [0.5, 0.6) is 0 Å². The Hall–Kier alpha value is -0.910. The third-order valence-electron chi connectivity index (χ3n) is 9.35. The molecule has 5 N–H and O–H groups in total. The number of ether oxygens (including phenoxy) is 3. The van der Waals surface area contributed by atoms with Crippen LogP contribution < -0.4 is 26.6 Å². The third kappa shape index (κ3) is 7.48. The molecule has 16 heteroatoms.